The van der Waals surface area contributed by atoms with Crippen LogP contribution in [-0.2, 0) is 0 Å². The van der Waals surface area contributed by atoms with Gasteiger partial charge in [-0.15, -0.1) is 0 Å². The van der Waals surface area contributed by atoms with Crippen LogP contribution in [0.3, 0.4) is 0 Å². The second kappa shape index (κ2) is 6.37. The summed E-state index contributed by atoms with van der Waals surface area (Å²) < 4.78 is 0. The first-order valence-corrected chi connectivity index (χ1v) is 6.00. The molecule has 0 atom stereocenters. The molecule has 0 aliphatic heterocycles. The van der Waals surface area contributed by atoms with Gasteiger partial charge in [0.15, 0.2) is 0 Å². The van der Waals surface area contributed by atoms with Crippen LogP contribution < -0.4 is 11.3 Å². The number of nitrogens with one attached hydrogen (secondary N) is 1. The fraction of sp³-hybridized carbons (Fsp3) is 0.462. The maximum atomic E-state index is 12.3. The van der Waals surface area contributed by atoms with Crippen LogP contribution in [0.4, 0.5) is 5.69 Å². The smallest absolute Gasteiger partial charge is 0.254 e. The molecule has 0 radical (unpaired) electrons. The maximum Gasteiger partial charge on any atom is 0.254 e. The van der Waals surface area contributed by atoms with E-state index in [4.69, 9.17) is 10.9 Å². The van der Waals surface area contributed by atoms with Crippen LogP contribution in [-0.4, -0.2) is 35.1 Å². The molecule has 0 saturated carbocycles. The lowest BCUT2D eigenvalue weighted by Gasteiger charge is -2.26. The van der Waals surface area contributed by atoms with Crippen molar-refractivity contribution in [2.24, 2.45) is 5.84 Å². The van der Waals surface area contributed by atoms with Crippen molar-refractivity contribution in [1.82, 2.24) is 4.90 Å². The number of amides is 1. The van der Waals surface area contributed by atoms with E-state index < -0.39 is 0 Å². The molecule has 4 N–H and O–H groups in total. The van der Waals surface area contributed by atoms with Crippen LogP contribution in [0, 0.1) is 6.92 Å². The Morgan fingerprint density at radius 1 is 1.50 bits per heavy atom. The van der Waals surface area contributed by atoms with E-state index in [1.54, 1.807) is 23.1 Å². The Morgan fingerprint density at radius 2 is 2.17 bits per heavy atom. The van der Waals surface area contributed by atoms with Gasteiger partial charge in [-0.1, -0.05) is 0 Å². The molecule has 0 aliphatic rings. The maximum absolute atomic E-state index is 12.3. The molecule has 1 aromatic rings. The standard InChI is InChI=1S/C13H21N3O2/c1-9(2)16(6-7-17)13(18)11-4-5-12(15-14)10(3)8-11/h4-5,8-9,15,17H,6-7,14H2,1-3H3. The minimum absolute atomic E-state index is 0.0364. The van der Waals surface area contributed by atoms with Gasteiger partial charge in [-0.25, -0.2) is 0 Å². The number of carbonyl (C=O) groups excluding carboxylic acids is 1. The first-order valence-electron chi connectivity index (χ1n) is 6.00. The number of benzene rings is 1. The van der Waals surface area contributed by atoms with Gasteiger partial charge >= 0.3 is 0 Å². The molecule has 0 bridgehead atoms. The highest BCUT2D eigenvalue weighted by atomic mass is 16.3. The summed E-state index contributed by atoms with van der Waals surface area (Å²) in [5.41, 5.74) is 4.89. The summed E-state index contributed by atoms with van der Waals surface area (Å²) in [4.78, 5) is 13.9. The summed E-state index contributed by atoms with van der Waals surface area (Å²) in [6.07, 6.45) is 0. The second-order valence-electron chi connectivity index (χ2n) is 4.49. The van der Waals surface area contributed by atoms with Crippen LogP contribution in [0.15, 0.2) is 18.2 Å². The fourth-order valence-electron chi connectivity index (χ4n) is 1.83. The van der Waals surface area contributed by atoms with Crippen LogP contribution in [0.25, 0.3) is 0 Å². The quantitative estimate of drug-likeness (QED) is 0.541. The third-order valence-corrected chi connectivity index (χ3v) is 2.85. The zero-order valence-corrected chi connectivity index (χ0v) is 11.1. The van der Waals surface area contributed by atoms with E-state index in [1.165, 1.54) is 0 Å². The lowest BCUT2D eigenvalue weighted by Crippen LogP contribution is -2.39. The van der Waals surface area contributed by atoms with Gasteiger partial charge in [0.25, 0.3) is 5.91 Å². The highest BCUT2D eigenvalue weighted by Crippen LogP contribution is 2.17. The lowest BCUT2D eigenvalue weighted by atomic mass is 10.1. The third kappa shape index (κ3) is 3.21. The summed E-state index contributed by atoms with van der Waals surface area (Å²) in [6, 6.07) is 5.36. The van der Waals surface area contributed by atoms with Crippen molar-refractivity contribution in [2.45, 2.75) is 26.8 Å². The number of nitrogen functional groups attached to an aromatic ring is 1. The largest absolute Gasteiger partial charge is 0.395 e. The minimum atomic E-state index is -0.0780. The highest BCUT2D eigenvalue weighted by Gasteiger charge is 2.18. The van der Waals surface area contributed by atoms with Crippen LogP contribution in [0.2, 0.25) is 0 Å². The molecule has 100 valence electrons. The zero-order chi connectivity index (χ0) is 13.7. The Labute approximate surface area is 108 Å². The number of hydrogen-bond acceptors (Lipinski definition) is 4. The number of aliphatic hydroxyl groups is 1. The number of nitrogens with two attached hydrogens (primary N) is 1. The van der Waals surface area contributed by atoms with Gasteiger partial charge in [-0.05, 0) is 44.5 Å². The predicted octanol–water partition coefficient (Wildman–Crippen LogP) is 1.12. The Balaban J connectivity index is 2.98. The zero-order valence-electron chi connectivity index (χ0n) is 11.1. The molecule has 0 saturated heterocycles. The third-order valence-electron chi connectivity index (χ3n) is 2.85. The summed E-state index contributed by atoms with van der Waals surface area (Å²) >= 11 is 0. The molecule has 5 heteroatoms. The molecule has 0 aliphatic carbocycles. The Bertz CT molecular complexity index is 419. The van der Waals surface area contributed by atoms with Gasteiger partial charge in [0.1, 0.15) is 0 Å². The van der Waals surface area contributed by atoms with E-state index >= 15 is 0 Å². The van der Waals surface area contributed by atoms with E-state index in [1.807, 2.05) is 20.8 Å². The van der Waals surface area contributed by atoms with E-state index in [0.717, 1.165) is 11.3 Å². The molecule has 1 aromatic carbocycles. The average molecular weight is 251 g/mol. The van der Waals surface area contributed by atoms with Gasteiger partial charge in [-0.2, -0.15) is 0 Å². The molecule has 0 heterocycles. The number of rotatable bonds is 5. The van der Waals surface area contributed by atoms with Crippen molar-refractivity contribution in [3.8, 4) is 0 Å². The Kier molecular flexibility index (Phi) is 5.12. The van der Waals surface area contributed by atoms with Gasteiger partial charge in [0.05, 0.1) is 12.3 Å². The highest BCUT2D eigenvalue weighted by molar-refractivity contribution is 5.95. The van der Waals surface area contributed by atoms with E-state index in [9.17, 15) is 4.79 Å². The first-order chi connectivity index (χ1) is 8.51. The molecule has 5 nitrogen and oxygen atoms in total. The molecular weight excluding hydrogens is 230 g/mol. The summed E-state index contributed by atoms with van der Waals surface area (Å²) in [7, 11) is 0. The monoisotopic (exact) mass is 251 g/mol. The van der Waals surface area contributed by atoms with Gasteiger partial charge in [0, 0.05) is 18.2 Å². The topological polar surface area (TPSA) is 78.6 Å². The molecule has 0 unspecified atom stereocenters. The van der Waals surface area contributed by atoms with Gasteiger partial charge < -0.3 is 15.4 Å². The van der Waals surface area contributed by atoms with Crippen molar-refractivity contribution in [3.05, 3.63) is 29.3 Å². The van der Waals surface area contributed by atoms with Crippen molar-refractivity contribution in [1.29, 1.82) is 0 Å². The molecule has 0 spiro atoms. The fourth-order valence-corrected chi connectivity index (χ4v) is 1.83. The number of hydrazine groups is 1. The number of aliphatic hydroxyl groups excluding tert-OH is 1. The SMILES string of the molecule is Cc1cc(C(=O)N(CCO)C(C)C)ccc1NN. The molecule has 1 rings (SSSR count). The number of aryl methyl sites for hydroxylation is 1. The van der Waals surface area contributed by atoms with Crippen molar-refractivity contribution < 1.29 is 9.90 Å². The summed E-state index contributed by atoms with van der Waals surface area (Å²) in [6.45, 7) is 6.04. The van der Waals surface area contributed by atoms with Crippen LogP contribution in [0.5, 0.6) is 0 Å². The molecule has 1 amide bonds. The Morgan fingerprint density at radius 3 is 2.61 bits per heavy atom. The van der Waals surface area contributed by atoms with Crippen molar-refractivity contribution in [2.75, 3.05) is 18.6 Å². The summed E-state index contributed by atoms with van der Waals surface area (Å²) in [5.74, 6) is 5.28. The first kappa shape index (κ1) is 14.5. The number of hydrogen-bond donors (Lipinski definition) is 3. The van der Waals surface area contributed by atoms with E-state index in [2.05, 4.69) is 5.43 Å². The molecule has 0 aromatic heterocycles. The Hall–Kier alpha value is -1.59. The van der Waals surface area contributed by atoms with Gasteiger partial charge in [-0.3, -0.25) is 10.6 Å². The molecular formula is C13H21N3O2. The van der Waals surface area contributed by atoms with Crippen molar-refractivity contribution >= 4 is 11.6 Å². The number of nitrogens with zero attached hydrogens (tertiary/aromatic N) is 1. The lowest BCUT2D eigenvalue weighted by molar-refractivity contribution is 0.0665. The number of anilines is 1. The predicted molar refractivity (Wildman–Crippen MR) is 72.2 cm³/mol. The minimum Gasteiger partial charge on any atom is -0.395 e. The normalized spacial score (nSPS) is 10.6. The molecule has 18 heavy (non-hydrogen) atoms. The average Bonchev–Trinajstić information content (AvgIpc) is 2.34. The van der Waals surface area contributed by atoms with E-state index in [-0.39, 0.29) is 18.6 Å². The number of carbonyl (C=O) groups is 1. The van der Waals surface area contributed by atoms with Crippen LogP contribution in [0.1, 0.15) is 29.8 Å². The second-order valence-corrected chi connectivity index (χ2v) is 4.49. The molecule has 0 fully saturated rings. The van der Waals surface area contributed by atoms with Crippen LogP contribution >= 0.6 is 0 Å². The van der Waals surface area contributed by atoms with Gasteiger partial charge in [0.2, 0.25) is 0 Å². The summed E-state index contributed by atoms with van der Waals surface area (Å²) in [5, 5.41) is 9.00. The van der Waals surface area contributed by atoms with Crippen molar-refractivity contribution in [3.63, 3.8) is 0 Å². The van der Waals surface area contributed by atoms with E-state index in [0.29, 0.717) is 12.1 Å².